The van der Waals surface area contributed by atoms with Gasteiger partial charge in [0, 0.05) is 13.0 Å². The summed E-state index contributed by atoms with van der Waals surface area (Å²) >= 11 is 0. The van der Waals surface area contributed by atoms with Gasteiger partial charge in [-0.05, 0) is 0 Å². The van der Waals surface area contributed by atoms with Crippen LogP contribution in [0.5, 0.6) is 0 Å². The normalized spacial score (nSPS) is 36.2. The third kappa shape index (κ3) is 1.70. The third-order valence-corrected chi connectivity index (χ3v) is 4.19. The second kappa shape index (κ2) is 4.11. The van der Waals surface area contributed by atoms with E-state index >= 15 is 0 Å². The van der Waals surface area contributed by atoms with E-state index < -0.39 is 29.6 Å². The molecule has 0 radical (unpaired) electrons. The minimum absolute atomic E-state index is 0.0128. The Morgan fingerprint density at radius 2 is 2.19 bits per heavy atom. The highest BCUT2D eigenvalue weighted by atomic mass is 16.5. The van der Waals surface area contributed by atoms with Gasteiger partial charge in [0.1, 0.15) is 6.61 Å². The van der Waals surface area contributed by atoms with Crippen molar-refractivity contribution in [1.82, 2.24) is 20.9 Å². The van der Waals surface area contributed by atoms with Crippen molar-refractivity contribution in [2.45, 2.75) is 30.0 Å². The first-order valence-corrected chi connectivity index (χ1v) is 6.41. The van der Waals surface area contributed by atoms with Crippen LogP contribution < -0.4 is 21.7 Å². The Morgan fingerprint density at radius 3 is 2.86 bits per heavy atom. The minimum atomic E-state index is -2.15. The quantitative estimate of drug-likeness (QED) is 0.242. The number of hydrogen-bond donors (Lipinski definition) is 8. The highest BCUT2D eigenvalue weighted by Crippen LogP contribution is 2.42. The summed E-state index contributed by atoms with van der Waals surface area (Å²) in [6, 6.07) is -1.34. The highest BCUT2D eigenvalue weighted by Gasteiger charge is 2.70. The molecule has 0 aromatic rings. The largest absolute Gasteiger partial charge is 0.447 e. The Bertz CT molecular complexity index is 524. The number of nitrogens with two attached hydrogens (primary N) is 1. The van der Waals surface area contributed by atoms with E-state index in [4.69, 9.17) is 21.3 Å². The molecule has 2 unspecified atom stereocenters. The lowest BCUT2D eigenvalue weighted by Crippen LogP contribution is -2.80. The number of rotatable bonds is 2. The lowest BCUT2D eigenvalue weighted by Gasteiger charge is -2.51. The van der Waals surface area contributed by atoms with Crippen molar-refractivity contribution in [3.05, 3.63) is 0 Å². The van der Waals surface area contributed by atoms with Gasteiger partial charge in [-0.2, -0.15) is 0 Å². The van der Waals surface area contributed by atoms with Crippen molar-refractivity contribution in [1.29, 1.82) is 10.8 Å². The van der Waals surface area contributed by atoms with Crippen molar-refractivity contribution >= 4 is 18.0 Å². The highest BCUT2D eigenvalue weighted by molar-refractivity contribution is 5.87. The van der Waals surface area contributed by atoms with Crippen LogP contribution in [0.4, 0.5) is 4.79 Å². The second-order valence-electron chi connectivity index (χ2n) is 5.34. The molecule has 1 spiro atoms. The monoisotopic (exact) mass is 299 g/mol. The second-order valence-corrected chi connectivity index (χ2v) is 5.34. The summed E-state index contributed by atoms with van der Waals surface area (Å²) in [6.07, 6.45) is -0.953. The molecule has 3 atom stereocenters. The van der Waals surface area contributed by atoms with Crippen LogP contribution in [0.3, 0.4) is 0 Å². The maximum absolute atomic E-state index is 10.8. The first-order chi connectivity index (χ1) is 9.78. The molecule has 0 aliphatic carbocycles. The zero-order chi connectivity index (χ0) is 15.4. The predicted octanol–water partition coefficient (Wildman–Crippen LogP) is -3.43. The molecule has 0 bridgehead atoms. The summed E-state index contributed by atoms with van der Waals surface area (Å²) in [5.74, 6) is -2.29. The summed E-state index contributed by atoms with van der Waals surface area (Å²) in [5.41, 5.74) is 3.48. The summed E-state index contributed by atoms with van der Waals surface area (Å²) in [5, 5.41) is 44.7. The van der Waals surface area contributed by atoms with E-state index in [-0.39, 0.29) is 31.5 Å². The van der Waals surface area contributed by atoms with Crippen LogP contribution in [0.1, 0.15) is 6.42 Å². The number of aliphatic hydroxyl groups is 2. The molecule has 1 amide bonds. The average molecular weight is 299 g/mol. The van der Waals surface area contributed by atoms with E-state index in [2.05, 4.69) is 16.0 Å². The molecule has 11 nitrogen and oxygen atoms in total. The molecule has 116 valence electrons. The van der Waals surface area contributed by atoms with Gasteiger partial charge in [-0.1, -0.05) is 0 Å². The van der Waals surface area contributed by atoms with Gasteiger partial charge < -0.3 is 41.5 Å². The van der Waals surface area contributed by atoms with Gasteiger partial charge in [-0.3, -0.25) is 10.8 Å². The Balaban J connectivity index is 1.97. The maximum Gasteiger partial charge on any atom is 0.404 e. The van der Waals surface area contributed by atoms with Crippen LogP contribution in [0, 0.1) is 10.8 Å². The minimum Gasteiger partial charge on any atom is -0.447 e. The van der Waals surface area contributed by atoms with Crippen LogP contribution in [-0.2, 0) is 4.74 Å². The van der Waals surface area contributed by atoms with Crippen molar-refractivity contribution < 1.29 is 19.7 Å². The third-order valence-electron chi connectivity index (χ3n) is 4.19. The number of guanidine groups is 2. The molecule has 3 aliphatic rings. The van der Waals surface area contributed by atoms with Gasteiger partial charge in [-0.25, -0.2) is 4.79 Å². The number of carbonyl (C=O) groups excluding carboxylic acids is 1. The molecule has 3 fully saturated rings. The van der Waals surface area contributed by atoms with Gasteiger partial charge in [0.2, 0.25) is 5.79 Å². The summed E-state index contributed by atoms with van der Waals surface area (Å²) in [6.45, 7) is 0.0662. The number of amides is 1. The molecule has 3 saturated heterocycles. The van der Waals surface area contributed by atoms with Gasteiger partial charge in [0.05, 0.1) is 12.1 Å². The fourth-order valence-corrected chi connectivity index (χ4v) is 3.33. The van der Waals surface area contributed by atoms with Crippen molar-refractivity contribution in [2.24, 2.45) is 5.73 Å². The predicted molar refractivity (Wildman–Crippen MR) is 69.2 cm³/mol. The lowest BCUT2D eigenvalue weighted by atomic mass is 9.86. The van der Waals surface area contributed by atoms with E-state index in [0.717, 1.165) is 0 Å². The van der Waals surface area contributed by atoms with Gasteiger partial charge in [-0.15, -0.1) is 0 Å². The fourth-order valence-electron chi connectivity index (χ4n) is 3.33. The van der Waals surface area contributed by atoms with Crippen molar-refractivity contribution in [3.8, 4) is 0 Å². The lowest BCUT2D eigenvalue weighted by molar-refractivity contribution is -0.223. The van der Waals surface area contributed by atoms with E-state index in [0.29, 0.717) is 0 Å². The van der Waals surface area contributed by atoms with Gasteiger partial charge in [0.25, 0.3) is 0 Å². The van der Waals surface area contributed by atoms with Crippen molar-refractivity contribution in [3.63, 3.8) is 0 Å². The average Bonchev–Trinajstić information content (AvgIpc) is 2.85. The molecule has 3 aliphatic heterocycles. The van der Waals surface area contributed by atoms with E-state index in [1.165, 1.54) is 4.90 Å². The molecule has 0 aromatic heterocycles. The molecule has 3 rings (SSSR count). The Hall–Kier alpha value is -2.27. The summed E-state index contributed by atoms with van der Waals surface area (Å²) in [7, 11) is 0. The molecule has 0 saturated carbocycles. The van der Waals surface area contributed by atoms with Crippen LogP contribution in [0.15, 0.2) is 0 Å². The van der Waals surface area contributed by atoms with E-state index in [9.17, 15) is 15.0 Å². The number of hydrogen-bond acceptors (Lipinski definition) is 6. The topological polar surface area (TPSA) is 180 Å². The van der Waals surface area contributed by atoms with Crippen LogP contribution in [-0.4, -0.2) is 69.8 Å². The fraction of sp³-hybridized carbons (Fsp3) is 0.700. The first-order valence-electron chi connectivity index (χ1n) is 6.41. The zero-order valence-corrected chi connectivity index (χ0v) is 11.0. The first kappa shape index (κ1) is 13.7. The summed E-state index contributed by atoms with van der Waals surface area (Å²) < 4.78 is 4.75. The number of nitrogens with one attached hydrogen (secondary N) is 5. The van der Waals surface area contributed by atoms with Crippen LogP contribution >= 0.6 is 0 Å². The molecule has 9 N–H and O–H groups in total. The molecule has 0 aromatic carbocycles. The van der Waals surface area contributed by atoms with Crippen LogP contribution in [0.25, 0.3) is 0 Å². The summed E-state index contributed by atoms with van der Waals surface area (Å²) in [4.78, 5) is 12.2. The Morgan fingerprint density at radius 1 is 1.48 bits per heavy atom. The number of nitrogens with zero attached hydrogens (tertiary/aromatic N) is 1. The number of ether oxygens (including phenoxy) is 1. The Labute approximate surface area is 119 Å². The molecule has 21 heavy (non-hydrogen) atoms. The van der Waals surface area contributed by atoms with Gasteiger partial charge >= 0.3 is 6.09 Å². The zero-order valence-electron chi connectivity index (χ0n) is 11.0. The maximum atomic E-state index is 10.8. The van der Waals surface area contributed by atoms with Crippen molar-refractivity contribution in [2.75, 3.05) is 13.2 Å². The van der Waals surface area contributed by atoms with E-state index in [1.54, 1.807) is 0 Å². The molecule has 11 heteroatoms. The van der Waals surface area contributed by atoms with E-state index in [1.807, 2.05) is 0 Å². The smallest absolute Gasteiger partial charge is 0.404 e. The number of carbonyl (C=O) groups is 1. The molecule has 3 heterocycles. The Kier molecular flexibility index (Phi) is 2.68. The van der Waals surface area contributed by atoms with Crippen LogP contribution in [0.2, 0.25) is 0 Å². The standard InChI is InChI=1S/C10H17N7O4/c11-6-15-5-4(3-21-8(13)18)14-7(12)17-2-1-9(19,20)10(5,17)16-6/h4-5,19-20H,1-3H2,(H2,12,14)(H2,13,18)(H3,11,15,16)/t4-,5?,10?/m0/s1. The van der Waals surface area contributed by atoms with Gasteiger partial charge in [0.15, 0.2) is 17.6 Å². The molecular weight excluding hydrogens is 282 g/mol. The SMILES string of the molecule is N=C1NC2[C@H](COC(N)=O)NC(=N)N3CCC(O)(O)C23N1. The molecular formula is C10H17N7O4. The number of primary amides is 1.